The first kappa shape index (κ1) is 18.4. The normalized spacial score (nSPS) is 14.3. The largest absolute Gasteiger partial charge is 0.350 e. The summed E-state index contributed by atoms with van der Waals surface area (Å²) in [5.41, 5.74) is 4.77. The summed E-state index contributed by atoms with van der Waals surface area (Å²) in [5.74, 6) is 0.109. The molecule has 136 valence electrons. The lowest BCUT2D eigenvalue weighted by molar-refractivity contribution is -0.121. The van der Waals surface area contributed by atoms with Crippen LogP contribution >= 0.6 is 0 Å². The number of ketones is 1. The van der Waals surface area contributed by atoms with Crippen LogP contribution in [0.15, 0.2) is 48.5 Å². The predicted molar refractivity (Wildman–Crippen MR) is 104 cm³/mol. The number of Topliss-reactive ketones (excluding diaryl/α,β-unsaturated/α-hetero) is 1. The fourth-order valence-corrected chi connectivity index (χ4v) is 3.60. The molecule has 0 aliphatic heterocycles. The molecule has 1 atom stereocenters. The van der Waals surface area contributed by atoms with Crippen LogP contribution in [0.1, 0.15) is 72.1 Å². The van der Waals surface area contributed by atoms with Gasteiger partial charge in [0.25, 0.3) is 0 Å². The van der Waals surface area contributed by atoms with Crippen LogP contribution in [0.5, 0.6) is 0 Å². The fraction of sp³-hybridized carbons (Fsp3) is 0.391. The Bertz CT molecular complexity index is 767. The molecule has 0 aromatic heterocycles. The maximum absolute atomic E-state index is 12.2. The quantitative estimate of drug-likeness (QED) is 0.730. The summed E-state index contributed by atoms with van der Waals surface area (Å²) >= 11 is 0. The molecule has 0 fully saturated rings. The van der Waals surface area contributed by atoms with Crippen LogP contribution in [0, 0.1) is 0 Å². The first-order valence-corrected chi connectivity index (χ1v) is 9.63. The Labute approximate surface area is 155 Å². The molecule has 26 heavy (non-hydrogen) atoms. The average molecular weight is 349 g/mol. The second-order valence-electron chi connectivity index (χ2n) is 7.17. The number of carbonyl (C=O) groups is 2. The summed E-state index contributed by atoms with van der Waals surface area (Å²) in [6.45, 7) is 2.03. The van der Waals surface area contributed by atoms with Crippen LogP contribution in [0.25, 0.3) is 0 Å². The van der Waals surface area contributed by atoms with E-state index in [2.05, 4.69) is 23.5 Å². The van der Waals surface area contributed by atoms with Crippen molar-refractivity contribution in [1.29, 1.82) is 0 Å². The molecule has 3 rings (SSSR count). The zero-order valence-electron chi connectivity index (χ0n) is 15.5. The van der Waals surface area contributed by atoms with Crippen molar-refractivity contribution in [1.82, 2.24) is 5.32 Å². The molecule has 1 unspecified atom stereocenters. The molecular weight excluding hydrogens is 322 g/mol. The number of aryl methyl sites for hydroxylation is 2. The minimum Gasteiger partial charge on any atom is -0.350 e. The third-order valence-corrected chi connectivity index (χ3v) is 5.15. The maximum Gasteiger partial charge on any atom is 0.220 e. The lowest BCUT2D eigenvalue weighted by Crippen LogP contribution is -2.26. The molecule has 1 N–H and O–H groups in total. The van der Waals surface area contributed by atoms with Crippen molar-refractivity contribution < 1.29 is 9.59 Å². The van der Waals surface area contributed by atoms with Crippen LogP contribution in [-0.4, -0.2) is 11.7 Å². The minimum absolute atomic E-state index is 0.000415. The van der Waals surface area contributed by atoms with Crippen molar-refractivity contribution >= 4 is 11.7 Å². The van der Waals surface area contributed by atoms with Gasteiger partial charge in [-0.3, -0.25) is 9.59 Å². The number of hydrogen-bond acceptors (Lipinski definition) is 2. The van der Waals surface area contributed by atoms with Gasteiger partial charge in [-0.25, -0.2) is 0 Å². The number of carbonyl (C=O) groups excluding carboxylic acids is 2. The highest BCUT2D eigenvalue weighted by molar-refractivity contribution is 5.96. The molecule has 3 heteroatoms. The molecule has 3 nitrogen and oxygen atoms in total. The Hall–Kier alpha value is -2.42. The SMILES string of the molecule is CC(NC(=O)CCCC(=O)c1ccccc1)c1ccc2c(c1)CCCC2. The number of amides is 1. The monoisotopic (exact) mass is 349 g/mol. The molecule has 0 heterocycles. The van der Waals surface area contributed by atoms with Gasteiger partial charge in [0.1, 0.15) is 0 Å². The molecule has 0 spiro atoms. The van der Waals surface area contributed by atoms with Gasteiger partial charge in [0, 0.05) is 18.4 Å². The molecule has 1 aliphatic carbocycles. The standard InChI is InChI=1S/C23H27NO2/c1-17(20-15-14-18-8-5-6-11-21(18)16-20)24-23(26)13-7-12-22(25)19-9-3-2-4-10-19/h2-4,9-10,14-17H,5-8,11-13H2,1H3,(H,24,26). The van der Waals surface area contributed by atoms with E-state index in [-0.39, 0.29) is 17.7 Å². The number of hydrogen-bond donors (Lipinski definition) is 1. The van der Waals surface area contributed by atoms with Gasteiger partial charge in [0.15, 0.2) is 5.78 Å². The molecule has 2 aromatic carbocycles. The van der Waals surface area contributed by atoms with Gasteiger partial charge in [-0.05, 0) is 55.7 Å². The summed E-state index contributed by atoms with van der Waals surface area (Å²) in [6, 6.07) is 15.9. The van der Waals surface area contributed by atoms with E-state index in [1.807, 2.05) is 37.3 Å². The Morgan fingerprint density at radius 2 is 1.69 bits per heavy atom. The zero-order chi connectivity index (χ0) is 18.4. The van der Waals surface area contributed by atoms with Gasteiger partial charge < -0.3 is 5.32 Å². The summed E-state index contributed by atoms with van der Waals surface area (Å²) < 4.78 is 0. The van der Waals surface area contributed by atoms with Crippen molar-refractivity contribution in [2.45, 2.75) is 57.9 Å². The fourth-order valence-electron chi connectivity index (χ4n) is 3.60. The second-order valence-corrected chi connectivity index (χ2v) is 7.17. The second kappa shape index (κ2) is 8.79. The number of rotatable bonds is 7. The third-order valence-electron chi connectivity index (χ3n) is 5.15. The lowest BCUT2D eigenvalue weighted by Gasteiger charge is -2.20. The minimum atomic E-state index is -0.000415. The average Bonchev–Trinajstić information content (AvgIpc) is 2.68. The third kappa shape index (κ3) is 4.81. The van der Waals surface area contributed by atoms with Crippen LogP contribution in [0.3, 0.4) is 0 Å². The Morgan fingerprint density at radius 1 is 0.962 bits per heavy atom. The highest BCUT2D eigenvalue weighted by atomic mass is 16.1. The molecular formula is C23H27NO2. The van der Waals surface area contributed by atoms with E-state index in [1.54, 1.807) is 0 Å². The summed E-state index contributed by atoms with van der Waals surface area (Å²) in [7, 11) is 0. The van der Waals surface area contributed by atoms with Crippen LogP contribution in [0.4, 0.5) is 0 Å². The van der Waals surface area contributed by atoms with Crippen molar-refractivity contribution in [3.63, 3.8) is 0 Å². The van der Waals surface area contributed by atoms with Crippen molar-refractivity contribution in [2.75, 3.05) is 0 Å². The molecule has 0 bridgehead atoms. The van der Waals surface area contributed by atoms with E-state index in [1.165, 1.54) is 36.0 Å². The molecule has 1 aliphatic rings. The highest BCUT2D eigenvalue weighted by Gasteiger charge is 2.14. The summed E-state index contributed by atoms with van der Waals surface area (Å²) in [4.78, 5) is 24.3. The first-order chi connectivity index (χ1) is 12.6. The van der Waals surface area contributed by atoms with E-state index in [0.717, 1.165) is 12.0 Å². The molecule has 0 radical (unpaired) electrons. The van der Waals surface area contributed by atoms with E-state index in [4.69, 9.17) is 0 Å². The Balaban J connectivity index is 1.46. The first-order valence-electron chi connectivity index (χ1n) is 9.63. The van der Waals surface area contributed by atoms with Gasteiger partial charge in [0.2, 0.25) is 5.91 Å². The smallest absolute Gasteiger partial charge is 0.220 e. The molecule has 1 amide bonds. The van der Waals surface area contributed by atoms with Crippen molar-refractivity contribution in [2.24, 2.45) is 0 Å². The van der Waals surface area contributed by atoms with Gasteiger partial charge >= 0.3 is 0 Å². The van der Waals surface area contributed by atoms with Crippen LogP contribution < -0.4 is 5.32 Å². The van der Waals surface area contributed by atoms with E-state index >= 15 is 0 Å². The Morgan fingerprint density at radius 3 is 2.46 bits per heavy atom. The van der Waals surface area contributed by atoms with Crippen molar-refractivity contribution in [3.8, 4) is 0 Å². The van der Waals surface area contributed by atoms with Crippen LogP contribution in [0.2, 0.25) is 0 Å². The van der Waals surface area contributed by atoms with Crippen LogP contribution in [-0.2, 0) is 17.6 Å². The van der Waals surface area contributed by atoms with E-state index < -0.39 is 0 Å². The van der Waals surface area contributed by atoms with Gasteiger partial charge in [-0.1, -0.05) is 48.5 Å². The number of benzene rings is 2. The van der Waals surface area contributed by atoms with Gasteiger partial charge in [0.05, 0.1) is 6.04 Å². The molecule has 0 saturated heterocycles. The van der Waals surface area contributed by atoms with Gasteiger partial charge in [-0.15, -0.1) is 0 Å². The van der Waals surface area contributed by atoms with Gasteiger partial charge in [-0.2, -0.15) is 0 Å². The zero-order valence-corrected chi connectivity index (χ0v) is 15.5. The maximum atomic E-state index is 12.2. The topological polar surface area (TPSA) is 46.2 Å². The summed E-state index contributed by atoms with van der Waals surface area (Å²) in [5, 5.41) is 3.07. The Kier molecular flexibility index (Phi) is 6.21. The summed E-state index contributed by atoms with van der Waals surface area (Å²) in [6.07, 6.45) is 6.22. The van der Waals surface area contributed by atoms with E-state index in [0.29, 0.717) is 19.3 Å². The molecule has 2 aromatic rings. The van der Waals surface area contributed by atoms with Crippen molar-refractivity contribution in [3.05, 3.63) is 70.8 Å². The molecule has 0 saturated carbocycles. The number of fused-ring (bicyclic) bond motifs is 1. The lowest BCUT2D eigenvalue weighted by atomic mass is 9.89. The number of nitrogens with one attached hydrogen (secondary N) is 1. The van der Waals surface area contributed by atoms with E-state index in [9.17, 15) is 9.59 Å². The predicted octanol–water partition coefficient (Wildman–Crippen LogP) is 4.80. The highest BCUT2D eigenvalue weighted by Crippen LogP contribution is 2.24.